The SMILES string of the molecule is Oc1ccccc1-c1nc(-c2cccc(N(c3ccccn3)c3cccc4ccccc34)c2)c2sc3ccccc3c2n1. The molecule has 3 heterocycles. The Morgan fingerprint density at radius 3 is 2.30 bits per heavy atom. The first-order chi connectivity index (χ1) is 21.2. The van der Waals surface area contributed by atoms with E-state index in [0.717, 1.165) is 59.5 Å². The third-order valence-electron chi connectivity index (χ3n) is 7.63. The van der Waals surface area contributed by atoms with Gasteiger partial charge in [0.1, 0.15) is 11.6 Å². The van der Waals surface area contributed by atoms with E-state index in [1.54, 1.807) is 23.5 Å². The van der Waals surface area contributed by atoms with Crippen LogP contribution in [0, 0.1) is 0 Å². The van der Waals surface area contributed by atoms with Crippen LogP contribution in [-0.4, -0.2) is 20.1 Å². The molecule has 0 aliphatic carbocycles. The quantitative estimate of drug-likeness (QED) is 0.222. The van der Waals surface area contributed by atoms with Crippen LogP contribution in [0.5, 0.6) is 5.75 Å². The average molecular weight is 573 g/mol. The number of hydrogen-bond donors (Lipinski definition) is 1. The number of fused-ring (bicyclic) bond motifs is 4. The maximum absolute atomic E-state index is 10.7. The molecule has 204 valence electrons. The van der Waals surface area contributed by atoms with Crippen LogP contribution in [-0.2, 0) is 0 Å². The maximum atomic E-state index is 10.7. The Morgan fingerprint density at radius 2 is 1.42 bits per heavy atom. The minimum atomic E-state index is 0.151. The molecule has 5 aromatic carbocycles. The zero-order chi connectivity index (χ0) is 28.8. The second-order valence-electron chi connectivity index (χ2n) is 10.3. The molecule has 0 aliphatic heterocycles. The Balaban J connectivity index is 1.38. The van der Waals surface area contributed by atoms with E-state index in [9.17, 15) is 5.11 Å². The minimum Gasteiger partial charge on any atom is -0.507 e. The van der Waals surface area contributed by atoms with Crippen molar-refractivity contribution in [3.8, 4) is 28.4 Å². The van der Waals surface area contributed by atoms with Crippen LogP contribution in [0.1, 0.15) is 0 Å². The summed E-state index contributed by atoms with van der Waals surface area (Å²) in [4.78, 5) is 17.0. The average Bonchev–Trinajstić information content (AvgIpc) is 3.44. The first-order valence-corrected chi connectivity index (χ1v) is 14.8. The van der Waals surface area contributed by atoms with E-state index < -0.39 is 0 Å². The molecule has 3 aromatic heterocycles. The normalized spacial score (nSPS) is 11.3. The lowest BCUT2D eigenvalue weighted by Gasteiger charge is -2.26. The maximum Gasteiger partial charge on any atom is 0.164 e. The number of anilines is 3. The molecule has 8 rings (SSSR count). The summed E-state index contributed by atoms with van der Waals surface area (Å²) in [6, 6.07) is 44.7. The summed E-state index contributed by atoms with van der Waals surface area (Å²) >= 11 is 1.69. The van der Waals surface area contributed by atoms with Gasteiger partial charge in [-0.15, -0.1) is 11.3 Å². The Bertz CT molecular complexity index is 2270. The van der Waals surface area contributed by atoms with E-state index in [2.05, 4.69) is 83.8 Å². The molecule has 5 nitrogen and oxygen atoms in total. The summed E-state index contributed by atoms with van der Waals surface area (Å²) < 4.78 is 2.15. The van der Waals surface area contributed by atoms with E-state index in [1.165, 1.54) is 0 Å². The molecule has 0 atom stereocenters. The molecule has 43 heavy (non-hydrogen) atoms. The largest absolute Gasteiger partial charge is 0.507 e. The fraction of sp³-hybridized carbons (Fsp3) is 0. The summed E-state index contributed by atoms with van der Waals surface area (Å²) in [5.74, 6) is 1.46. The molecule has 0 bridgehead atoms. The van der Waals surface area contributed by atoms with Crippen LogP contribution in [0.2, 0.25) is 0 Å². The third-order valence-corrected chi connectivity index (χ3v) is 8.80. The van der Waals surface area contributed by atoms with Crippen molar-refractivity contribution in [2.75, 3.05) is 4.90 Å². The van der Waals surface area contributed by atoms with Crippen molar-refractivity contribution in [3.05, 3.63) is 140 Å². The van der Waals surface area contributed by atoms with Crippen molar-refractivity contribution >= 4 is 59.6 Å². The van der Waals surface area contributed by atoms with Crippen LogP contribution >= 0.6 is 11.3 Å². The van der Waals surface area contributed by atoms with Gasteiger partial charge in [0.25, 0.3) is 0 Å². The number of pyridine rings is 1. The Hall–Kier alpha value is -5.59. The van der Waals surface area contributed by atoms with Crippen molar-refractivity contribution in [3.63, 3.8) is 0 Å². The lowest BCUT2D eigenvalue weighted by atomic mass is 10.1. The van der Waals surface area contributed by atoms with Crippen molar-refractivity contribution < 1.29 is 5.11 Å². The van der Waals surface area contributed by atoms with Gasteiger partial charge in [-0.3, -0.25) is 4.90 Å². The second-order valence-corrected chi connectivity index (χ2v) is 11.3. The van der Waals surface area contributed by atoms with Crippen molar-refractivity contribution in [2.45, 2.75) is 0 Å². The number of nitrogens with zero attached hydrogens (tertiary/aromatic N) is 4. The Kier molecular flexibility index (Phi) is 6.05. The number of rotatable bonds is 5. The number of phenolic OH excluding ortho intramolecular Hbond substituents is 1. The highest BCUT2D eigenvalue weighted by molar-refractivity contribution is 7.26. The molecule has 0 saturated carbocycles. The Morgan fingerprint density at radius 1 is 0.651 bits per heavy atom. The molecule has 8 aromatic rings. The topological polar surface area (TPSA) is 62.1 Å². The monoisotopic (exact) mass is 572 g/mol. The first kappa shape index (κ1) is 25.1. The van der Waals surface area contributed by atoms with E-state index in [-0.39, 0.29) is 5.75 Å². The predicted octanol–water partition coefficient (Wildman–Crippen LogP) is 9.90. The van der Waals surface area contributed by atoms with Crippen molar-refractivity contribution in [1.82, 2.24) is 15.0 Å². The number of hydrogen-bond acceptors (Lipinski definition) is 6. The fourth-order valence-electron chi connectivity index (χ4n) is 5.65. The van der Waals surface area contributed by atoms with E-state index >= 15 is 0 Å². The van der Waals surface area contributed by atoms with Crippen LogP contribution < -0.4 is 4.90 Å². The van der Waals surface area contributed by atoms with Crippen molar-refractivity contribution in [1.29, 1.82) is 0 Å². The highest BCUT2D eigenvalue weighted by Crippen LogP contribution is 2.43. The lowest BCUT2D eigenvalue weighted by Crippen LogP contribution is -2.12. The molecule has 0 spiro atoms. The summed E-state index contributed by atoms with van der Waals surface area (Å²) in [6.45, 7) is 0. The summed E-state index contributed by atoms with van der Waals surface area (Å²) in [6.07, 6.45) is 1.82. The number of thiophene rings is 1. The standard InChI is InChI=1S/C37H24N4OS/c42-31-19-5-3-16-28(31)37-39-34(36-35(40-37)29-17-4-6-20-32(29)43-36)25-13-9-14-26(23-25)41(33-21-7-8-22-38-33)30-18-10-12-24-11-1-2-15-27(24)30/h1-23,42H. The molecule has 0 unspecified atom stereocenters. The van der Waals surface area contributed by atoms with Gasteiger partial charge in [0.15, 0.2) is 5.82 Å². The highest BCUT2D eigenvalue weighted by Gasteiger charge is 2.20. The molecule has 0 fully saturated rings. The lowest BCUT2D eigenvalue weighted by molar-refractivity contribution is 0.477. The first-order valence-electron chi connectivity index (χ1n) is 14.0. The van der Waals surface area contributed by atoms with Gasteiger partial charge in [-0.2, -0.15) is 0 Å². The van der Waals surface area contributed by atoms with E-state index in [0.29, 0.717) is 11.4 Å². The van der Waals surface area contributed by atoms with Gasteiger partial charge in [0.2, 0.25) is 0 Å². The predicted molar refractivity (Wildman–Crippen MR) is 177 cm³/mol. The molecule has 0 amide bonds. The molecule has 1 N–H and O–H groups in total. The number of phenols is 1. The van der Waals surface area contributed by atoms with Gasteiger partial charge in [0.05, 0.1) is 27.2 Å². The second kappa shape index (κ2) is 10.4. The van der Waals surface area contributed by atoms with Crippen LogP contribution in [0.25, 0.3) is 53.7 Å². The minimum absolute atomic E-state index is 0.151. The summed E-state index contributed by atoms with van der Waals surface area (Å²) in [5.41, 5.74) is 5.26. The van der Waals surface area contributed by atoms with Gasteiger partial charge in [-0.1, -0.05) is 84.9 Å². The fourth-order valence-corrected chi connectivity index (χ4v) is 6.80. The van der Waals surface area contributed by atoms with Crippen LogP contribution in [0.3, 0.4) is 0 Å². The van der Waals surface area contributed by atoms with Crippen LogP contribution in [0.15, 0.2) is 140 Å². The highest BCUT2D eigenvalue weighted by atomic mass is 32.1. The number of benzene rings is 5. The molecule has 0 saturated heterocycles. The van der Waals surface area contributed by atoms with E-state index in [1.807, 2.05) is 48.7 Å². The smallest absolute Gasteiger partial charge is 0.164 e. The van der Waals surface area contributed by atoms with Crippen molar-refractivity contribution in [2.24, 2.45) is 0 Å². The third kappa shape index (κ3) is 4.36. The molecular weight excluding hydrogens is 549 g/mol. The molecule has 0 radical (unpaired) electrons. The van der Waals surface area contributed by atoms with Gasteiger partial charge >= 0.3 is 0 Å². The number of aromatic hydroxyl groups is 1. The summed E-state index contributed by atoms with van der Waals surface area (Å²) in [7, 11) is 0. The van der Waals surface area contributed by atoms with E-state index in [4.69, 9.17) is 15.0 Å². The molecule has 0 aliphatic rings. The van der Waals surface area contributed by atoms with Crippen LogP contribution in [0.4, 0.5) is 17.2 Å². The molecule has 6 heteroatoms. The number of para-hydroxylation sites is 1. The number of aromatic nitrogens is 3. The summed E-state index contributed by atoms with van der Waals surface area (Å²) in [5, 5.41) is 14.1. The Labute approximate surface area is 252 Å². The van der Waals surface area contributed by atoms with Gasteiger partial charge in [0, 0.05) is 32.9 Å². The zero-order valence-corrected chi connectivity index (χ0v) is 23.7. The zero-order valence-electron chi connectivity index (χ0n) is 22.9. The molecular formula is C37H24N4OS. The van der Waals surface area contributed by atoms with Gasteiger partial charge < -0.3 is 5.11 Å². The van der Waals surface area contributed by atoms with Gasteiger partial charge in [-0.25, -0.2) is 15.0 Å². The van der Waals surface area contributed by atoms with Gasteiger partial charge in [-0.05, 0) is 53.9 Å².